The van der Waals surface area contributed by atoms with Crippen molar-refractivity contribution in [3.8, 4) is 5.88 Å². The van der Waals surface area contributed by atoms with Gasteiger partial charge >= 0.3 is 16.2 Å². The van der Waals surface area contributed by atoms with Gasteiger partial charge in [0.25, 0.3) is 0 Å². The second kappa shape index (κ2) is 8.86. The van der Waals surface area contributed by atoms with Gasteiger partial charge < -0.3 is 14.8 Å². The largest absolute Gasteiger partial charge is 0.480 e. The fourth-order valence-corrected chi connectivity index (χ4v) is 3.66. The molecule has 1 aromatic heterocycles. The standard InChI is InChI=1S/C17H23N3O6S2/c1-17(2,3)25-16(21)19-13(15-20-14(24-4)10-27-15)9-11-5-7-12(8-6-11)28(22,23)26-18/h5-8,10,13H,9,18H2,1-4H3,(H,19,21)/t13-/m0/s1. The van der Waals surface area contributed by atoms with Gasteiger partial charge in [0.2, 0.25) is 5.88 Å². The third-order valence-electron chi connectivity index (χ3n) is 3.48. The van der Waals surface area contributed by atoms with E-state index in [9.17, 15) is 13.2 Å². The van der Waals surface area contributed by atoms with Crippen LogP contribution in [0.3, 0.4) is 0 Å². The lowest BCUT2D eigenvalue weighted by molar-refractivity contribution is 0.0503. The van der Waals surface area contributed by atoms with Gasteiger partial charge in [0.15, 0.2) is 0 Å². The molecule has 0 aliphatic rings. The van der Waals surface area contributed by atoms with Crippen molar-refractivity contribution in [1.29, 1.82) is 0 Å². The number of hydrogen-bond acceptors (Lipinski definition) is 9. The zero-order valence-corrected chi connectivity index (χ0v) is 17.6. The Kier molecular flexibility index (Phi) is 6.99. The fourth-order valence-electron chi connectivity index (χ4n) is 2.26. The molecule has 1 heterocycles. The summed E-state index contributed by atoms with van der Waals surface area (Å²) in [5.74, 6) is 5.23. The van der Waals surface area contributed by atoms with Crippen LogP contribution in [0.2, 0.25) is 0 Å². The lowest BCUT2D eigenvalue weighted by Crippen LogP contribution is -2.35. The summed E-state index contributed by atoms with van der Waals surface area (Å²) in [5.41, 5.74) is 0.124. The van der Waals surface area contributed by atoms with Crippen molar-refractivity contribution in [2.45, 2.75) is 43.7 Å². The number of benzene rings is 1. The Morgan fingerprint density at radius 1 is 1.29 bits per heavy atom. The minimum atomic E-state index is -3.97. The maximum absolute atomic E-state index is 12.2. The average Bonchev–Trinajstić information content (AvgIpc) is 3.09. The first kappa shape index (κ1) is 22.1. The number of aromatic nitrogens is 1. The molecule has 11 heteroatoms. The summed E-state index contributed by atoms with van der Waals surface area (Å²) in [7, 11) is -2.47. The van der Waals surface area contributed by atoms with Gasteiger partial charge in [-0.15, -0.1) is 11.3 Å². The first-order valence-corrected chi connectivity index (χ1v) is 10.5. The van der Waals surface area contributed by atoms with Gasteiger partial charge in [0.05, 0.1) is 23.4 Å². The highest BCUT2D eigenvalue weighted by Gasteiger charge is 2.23. The molecule has 0 saturated carbocycles. The number of nitrogens with two attached hydrogens (primary N) is 1. The van der Waals surface area contributed by atoms with Gasteiger partial charge in [-0.3, -0.25) is 0 Å². The highest BCUT2D eigenvalue weighted by molar-refractivity contribution is 7.86. The molecule has 154 valence electrons. The van der Waals surface area contributed by atoms with E-state index < -0.39 is 27.9 Å². The van der Waals surface area contributed by atoms with E-state index in [0.29, 0.717) is 17.3 Å². The Morgan fingerprint density at radius 2 is 1.93 bits per heavy atom. The maximum Gasteiger partial charge on any atom is 0.408 e. The van der Waals surface area contributed by atoms with Crippen molar-refractivity contribution in [3.05, 3.63) is 40.2 Å². The van der Waals surface area contributed by atoms with E-state index in [1.807, 2.05) is 0 Å². The van der Waals surface area contributed by atoms with E-state index in [-0.39, 0.29) is 4.90 Å². The van der Waals surface area contributed by atoms with Crippen molar-refractivity contribution >= 4 is 27.5 Å². The van der Waals surface area contributed by atoms with Crippen LogP contribution in [-0.4, -0.2) is 32.2 Å². The molecule has 0 fully saturated rings. The summed E-state index contributed by atoms with van der Waals surface area (Å²) in [6.45, 7) is 5.31. The number of methoxy groups -OCH3 is 1. The Balaban J connectivity index is 2.23. The third kappa shape index (κ3) is 6.16. The van der Waals surface area contributed by atoms with Crippen LogP contribution in [0.5, 0.6) is 5.88 Å². The lowest BCUT2D eigenvalue weighted by atomic mass is 10.1. The lowest BCUT2D eigenvalue weighted by Gasteiger charge is -2.23. The molecular formula is C17H23N3O6S2. The fraction of sp³-hybridized carbons (Fsp3) is 0.412. The first-order valence-electron chi connectivity index (χ1n) is 8.25. The van der Waals surface area contributed by atoms with Crippen molar-refractivity contribution in [2.75, 3.05) is 7.11 Å². The van der Waals surface area contributed by atoms with Crippen molar-refractivity contribution in [3.63, 3.8) is 0 Å². The van der Waals surface area contributed by atoms with Crippen LogP contribution in [0.15, 0.2) is 34.5 Å². The number of hydrogen-bond donors (Lipinski definition) is 2. The quantitative estimate of drug-likeness (QED) is 0.642. The molecule has 3 N–H and O–H groups in total. The van der Waals surface area contributed by atoms with E-state index >= 15 is 0 Å². The highest BCUT2D eigenvalue weighted by atomic mass is 32.2. The molecule has 0 aliphatic heterocycles. The second-order valence-corrected chi connectivity index (χ2v) is 9.29. The minimum Gasteiger partial charge on any atom is -0.480 e. The van der Waals surface area contributed by atoms with Crippen LogP contribution >= 0.6 is 11.3 Å². The maximum atomic E-state index is 12.2. The van der Waals surface area contributed by atoms with Gasteiger partial charge in [-0.2, -0.15) is 18.6 Å². The average molecular weight is 430 g/mol. The van der Waals surface area contributed by atoms with E-state index in [1.54, 1.807) is 38.3 Å². The monoisotopic (exact) mass is 429 g/mol. The molecule has 2 rings (SSSR count). The number of rotatable bonds is 7. The Bertz CT molecular complexity index is 904. The summed E-state index contributed by atoms with van der Waals surface area (Å²) < 4.78 is 37.7. The highest BCUT2D eigenvalue weighted by Crippen LogP contribution is 2.26. The van der Waals surface area contributed by atoms with Gasteiger partial charge in [-0.1, -0.05) is 12.1 Å². The number of carbonyl (C=O) groups excluding carboxylic acids is 1. The molecule has 1 atom stereocenters. The number of alkyl carbamates (subject to hydrolysis) is 1. The summed E-state index contributed by atoms with van der Waals surface area (Å²) >= 11 is 1.33. The molecular weight excluding hydrogens is 406 g/mol. The van der Waals surface area contributed by atoms with Crippen molar-refractivity contribution < 1.29 is 27.0 Å². The van der Waals surface area contributed by atoms with Crippen LogP contribution < -0.4 is 16.0 Å². The van der Waals surface area contributed by atoms with Gasteiger partial charge in [0.1, 0.15) is 10.6 Å². The molecule has 0 bridgehead atoms. The molecule has 0 spiro atoms. The third-order valence-corrected chi connectivity index (χ3v) is 5.52. The minimum absolute atomic E-state index is 0.0636. The number of amides is 1. The number of ether oxygens (including phenoxy) is 2. The molecule has 9 nitrogen and oxygen atoms in total. The smallest absolute Gasteiger partial charge is 0.408 e. The summed E-state index contributed by atoms with van der Waals surface area (Å²) in [6, 6.07) is 5.49. The van der Waals surface area contributed by atoms with Crippen LogP contribution in [0.25, 0.3) is 0 Å². The molecule has 2 aromatic rings. The molecule has 1 aromatic carbocycles. The van der Waals surface area contributed by atoms with Crippen LogP contribution in [0, 0.1) is 0 Å². The van der Waals surface area contributed by atoms with E-state index in [0.717, 1.165) is 5.56 Å². The van der Waals surface area contributed by atoms with E-state index in [2.05, 4.69) is 14.6 Å². The summed E-state index contributed by atoms with van der Waals surface area (Å²) in [6.07, 6.45) is -0.220. The number of thiazole rings is 1. The van der Waals surface area contributed by atoms with Crippen molar-refractivity contribution in [2.24, 2.45) is 5.90 Å². The molecule has 28 heavy (non-hydrogen) atoms. The number of carbonyl (C=O) groups is 1. The SMILES string of the molecule is COc1csc([C@H](Cc2ccc(S(=O)(=O)ON)cc2)NC(=O)OC(C)(C)C)n1. The van der Waals surface area contributed by atoms with Crippen molar-refractivity contribution in [1.82, 2.24) is 10.3 Å². The molecule has 0 radical (unpaired) electrons. The predicted octanol–water partition coefficient (Wildman–Crippen LogP) is 2.54. The zero-order valence-electron chi connectivity index (χ0n) is 16.0. The van der Waals surface area contributed by atoms with Gasteiger partial charge in [0, 0.05) is 0 Å². The summed E-state index contributed by atoms with van der Waals surface area (Å²) in [5, 5.41) is 5.16. The van der Waals surface area contributed by atoms with E-state index in [4.69, 9.17) is 15.4 Å². The normalized spacial score (nSPS) is 13.0. The Labute approximate surface area is 167 Å². The second-order valence-electron chi connectivity index (χ2n) is 6.83. The van der Waals surface area contributed by atoms with Gasteiger partial charge in [-0.05, 0) is 44.9 Å². The van der Waals surface area contributed by atoms with Gasteiger partial charge in [-0.25, -0.2) is 9.78 Å². The molecule has 1 amide bonds. The topological polar surface area (TPSA) is 130 Å². The molecule has 0 aliphatic carbocycles. The molecule has 0 unspecified atom stereocenters. The van der Waals surface area contributed by atoms with Crippen LogP contribution in [0.1, 0.15) is 37.4 Å². The Hall–Kier alpha value is -2.21. The van der Waals surface area contributed by atoms with Crippen LogP contribution in [-0.2, 0) is 25.6 Å². The van der Waals surface area contributed by atoms with Crippen LogP contribution in [0.4, 0.5) is 4.79 Å². The number of nitrogens with zero attached hydrogens (tertiary/aromatic N) is 1. The molecule has 0 saturated heterocycles. The van der Waals surface area contributed by atoms with E-state index in [1.165, 1.54) is 30.6 Å². The summed E-state index contributed by atoms with van der Waals surface area (Å²) in [4.78, 5) is 16.5. The Morgan fingerprint density at radius 3 is 2.43 bits per heavy atom. The predicted molar refractivity (Wildman–Crippen MR) is 103 cm³/mol. The zero-order chi connectivity index (χ0) is 20.9. The first-order chi connectivity index (χ1) is 13.0. The number of nitrogens with one attached hydrogen (secondary N) is 1.